The Hall–Kier alpha value is -3.17. The van der Waals surface area contributed by atoms with Crippen molar-refractivity contribution in [3.8, 4) is 6.07 Å². The Labute approximate surface area is 151 Å². The summed E-state index contributed by atoms with van der Waals surface area (Å²) in [6, 6.07) is 15.4. The molecule has 0 saturated carbocycles. The predicted octanol–water partition coefficient (Wildman–Crippen LogP) is 2.54. The van der Waals surface area contributed by atoms with Gasteiger partial charge in [-0.15, -0.1) is 0 Å². The summed E-state index contributed by atoms with van der Waals surface area (Å²) in [5.74, 6) is -0.937. The van der Waals surface area contributed by atoms with E-state index in [9.17, 15) is 9.59 Å². The molecule has 2 aromatic rings. The van der Waals surface area contributed by atoms with Gasteiger partial charge in [0.1, 0.15) is 0 Å². The highest BCUT2D eigenvalue weighted by Gasteiger charge is 2.29. The molecular formula is C20H19N3O3. The highest BCUT2D eigenvalue weighted by atomic mass is 16.4. The van der Waals surface area contributed by atoms with E-state index in [0.29, 0.717) is 18.7 Å². The van der Waals surface area contributed by atoms with Crippen LogP contribution >= 0.6 is 0 Å². The summed E-state index contributed by atoms with van der Waals surface area (Å²) in [4.78, 5) is 25.4. The van der Waals surface area contributed by atoms with Crippen LogP contribution in [0.25, 0.3) is 0 Å². The number of carbonyl (C=O) groups is 2. The van der Waals surface area contributed by atoms with Crippen LogP contribution < -0.4 is 10.2 Å². The molecule has 1 saturated heterocycles. The molecule has 132 valence electrons. The summed E-state index contributed by atoms with van der Waals surface area (Å²) >= 11 is 0. The highest BCUT2D eigenvalue weighted by molar-refractivity contribution is 5.98. The molecule has 1 aliphatic heterocycles. The molecule has 3 rings (SSSR count). The van der Waals surface area contributed by atoms with Crippen LogP contribution in [0.3, 0.4) is 0 Å². The number of hydrogen-bond donors (Lipinski definition) is 2. The third-order valence-electron chi connectivity index (χ3n) is 4.50. The van der Waals surface area contributed by atoms with Gasteiger partial charge in [0.05, 0.1) is 23.2 Å². The molecule has 26 heavy (non-hydrogen) atoms. The van der Waals surface area contributed by atoms with Gasteiger partial charge < -0.3 is 15.3 Å². The molecule has 1 fully saturated rings. The van der Waals surface area contributed by atoms with E-state index in [2.05, 4.69) is 11.4 Å². The van der Waals surface area contributed by atoms with Crippen molar-refractivity contribution in [2.45, 2.75) is 25.4 Å². The number of nitrogens with one attached hydrogen (secondary N) is 1. The zero-order valence-corrected chi connectivity index (χ0v) is 14.2. The van der Waals surface area contributed by atoms with Crippen LogP contribution in [0, 0.1) is 11.3 Å². The topological polar surface area (TPSA) is 93.4 Å². The van der Waals surface area contributed by atoms with E-state index in [4.69, 9.17) is 10.4 Å². The third-order valence-corrected chi connectivity index (χ3v) is 4.50. The fraction of sp³-hybridized carbons (Fsp3) is 0.250. The monoisotopic (exact) mass is 349 g/mol. The van der Waals surface area contributed by atoms with E-state index in [1.807, 2.05) is 0 Å². The van der Waals surface area contributed by atoms with Gasteiger partial charge in [-0.1, -0.05) is 12.1 Å². The van der Waals surface area contributed by atoms with E-state index in [1.54, 1.807) is 53.4 Å². The second-order valence-electron chi connectivity index (χ2n) is 6.23. The second-order valence-corrected chi connectivity index (χ2v) is 6.23. The lowest BCUT2D eigenvalue weighted by molar-refractivity contribution is -0.121. The Morgan fingerprint density at radius 2 is 1.88 bits per heavy atom. The van der Waals surface area contributed by atoms with Crippen LogP contribution in [0.4, 0.5) is 5.69 Å². The van der Waals surface area contributed by atoms with Crippen molar-refractivity contribution in [1.82, 2.24) is 5.32 Å². The number of rotatable bonds is 5. The van der Waals surface area contributed by atoms with Crippen molar-refractivity contribution < 1.29 is 14.7 Å². The molecule has 6 heteroatoms. The molecular weight excluding hydrogens is 330 g/mol. The van der Waals surface area contributed by atoms with Crippen molar-refractivity contribution in [2.75, 3.05) is 11.4 Å². The van der Waals surface area contributed by atoms with Crippen LogP contribution in [0.5, 0.6) is 0 Å². The van der Waals surface area contributed by atoms with E-state index >= 15 is 0 Å². The number of benzene rings is 2. The summed E-state index contributed by atoms with van der Waals surface area (Å²) in [6.07, 6.45) is 1.65. The molecule has 0 aromatic heterocycles. The molecule has 1 aliphatic rings. The Morgan fingerprint density at radius 3 is 2.50 bits per heavy atom. The van der Waals surface area contributed by atoms with Crippen LogP contribution in [0.2, 0.25) is 0 Å². The lowest BCUT2D eigenvalue weighted by Gasteiger charge is -2.33. The van der Waals surface area contributed by atoms with Crippen molar-refractivity contribution in [2.24, 2.45) is 0 Å². The summed E-state index contributed by atoms with van der Waals surface area (Å²) in [5, 5.41) is 21.1. The van der Waals surface area contributed by atoms with Gasteiger partial charge in [0.15, 0.2) is 0 Å². The van der Waals surface area contributed by atoms with Crippen molar-refractivity contribution in [3.05, 3.63) is 65.2 Å². The van der Waals surface area contributed by atoms with E-state index < -0.39 is 5.97 Å². The van der Waals surface area contributed by atoms with Gasteiger partial charge in [0.25, 0.3) is 0 Å². The van der Waals surface area contributed by atoms with Gasteiger partial charge in [0, 0.05) is 18.8 Å². The minimum atomic E-state index is -0.954. The number of amides is 1. The number of nitrogens with zero attached hydrogens (tertiary/aromatic N) is 2. The number of hydrogen-bond acceptors (Lipinski definition) is 4. The number of carboxylic acids is 1. The average molecular weight is 349 g/mol. The zero-order valence-electron chi connectivity index (χ0n) is 14.2. The number of carboxylic acid groups (broad SMARTS) is 1. The maximum Gasteiger partial charge on any atom is 0.335 e. The van der Waals surface area contributed by atoms with E-state index in [-0.39, 0.29) is 17.5 Å². The first-order valence-electron chi connectivity index (χ1n) is 8.45. The Balaban J connectivity index is 1.64. The quantitative estimate of drug-likeness (QED) is 0.865. The third kappa shape index (κ3) is 3.90. The lowest BCUT2D eigenvalue weighted by atomic mass is 10.0. The van der Waals surface area contributed by atoms with Crippen LogP contribution in [-0.2, 0) is 11.3 Å². The van der Waals surface area contributed by atoms with Gasteiger partial charge >= 0.3 is 5.97 Å². The predicted molar refractivity (Wildman–Crippen MR) is 96.8 cm³/mol. The number of anilines is 1. The van der Waals surface area contributed by atoms with Crippen LogP contribution in [-0.4, -0.2) is 29.6 Å². The fourth-order valence-corrected chi connectivity index (χ4v) is 3.04. The van der Waals surface area contributed by atoms with Crippen molar-refractivity contribution in [3.63, 3.8) is 0 Å². The Bertz CT molecular complexity index is 838. The van der Waals surface area contributed by atoms with Crippen LogP contribution in [0.1, 0.15) is 34.3 Å². The molecule has 1 heterocycles. The first-order valence-corrected chi connectivity index (χ1v) is 8.45. The van der Waals surface area contributed by atoms with E-state index in [0.717, 1.165) is 24.1 Å². The smallest absolute Gasteiger partial charge is 0.335 e. The van der Waals surface area contributed by atoms with Gasteiger partial charge in [-0.05, 0) is 54.8 Å². The highest BCUT2D eigenvalue weighted by Crippen LogP contribution is 2.22. The van der Waals surface area contributed by atoms with Gasteiger partial charge in [-0.3, -0.25) is 4.79 Å². The van der Waals surface area contributed by atoms with Gasteiger partial charge in [-0.2, -0.15) is 5.26 Å². The summed E-state index contributed by atoms with van der Waals surface area (Å²) in [6.45, 7) is 1.16. The molecule has 0 aliphatic carbocycles. The van der Waals surface area contributed by atoms with Gasteiger partial charge in [-0.25, -0.2) is 4.79 Å². The molecule has 2 aromatic carbocycles. The summed E-state index contributed by atoms with van der Waals surface area (Å²) in [5.41, 5.74) is 2.54. The molecule has 2 N–H and O–H groups in total. The van der Waals surface area contributed by atoms with Crippen LogP contribution in [0.15, 0.2) is 48.5 Å². The molecule has 1 amide bonds. The number of nitriles is 1. The molecule has 1 unspecified atom stereocenters. The first-order chi connectivity index (χ1) is 12.6. The Morgan fingerprint density at radius 1 is 1.19 bits per heavy atom. The van der Waals surface area contributed by atoms with Crippen molar-refractivity contribution >= 4 is 17.6 Å². The first kappa shape index (κ1) is 17.6. The molecule has 0 radical (unpaired) electrons. The maximum atomic E-state index is 12.8. The second kappa shape index (κ2) is 7.81. The molecule has 0 bridgehead atoms. The van der Waals surface area contributed by atoms with Crippen molar-refractivity contribution in [1.29, 1.82) is 5.26 Å². The zero-order chi connectivity index (χ0) is 18.5. The molecule has 0 spiro atoms. The number of aromatic carboxylic acids is 1. The SMILES string of the molecule is N#Cc1ccc(N2CCCC(NCc3ccc(C(=O)O)cc3)C2=O)cc1. The molecule has 1 atom stereocenters. The average Bonchev–Trinajstić information content (AvgIpc) is 2.67. The number of piperidine rings is 1. The minimum Gasteiger partial charge on any atom is -0.478 e. The van der Waals surface area contributed by atoms with E-state index in [1.165, 1.54) is 0 Å². The normalized spacial score (nSPS) is 17.0. The lowest BCUT2D eigenvalue weighted by Crippen LogP contribution is -2.50. The fourth-order valence-electron chi connectivity index (χ4n) is 3.04. The maximum absolute atomic E-state index is 12.8. The molecule has 6 nitrogen and oxygen atoms in total. The van der Waals surface area contributed by atoms with Gasteiger partial charge in [0.2, 0.25) is 5.91 Å². The standard InChI is InChI=1S/C20H19N3O3/c21-12-14-5-9-17(10-6-14)23-11-1-2-18(19(23)24)22-13-15-3-7-16(8-4-15)20(25)26/h3-10,18,22H,1-2,11,13H2,(H,25,26). The summed E-state index contributed by atoms with van der Waals surface area (Å²) in [7, 11) is 0. The Kier molecular flexibility index (Phi) is 5.30. The minimum absolute atomic E-state index is 0.0168. The summed E-state index contributed by atoms with van der Waals surface area (Å²) < 4.78 is 0. The number of carbonyl (C=O) groups excluding carboxylic acids is 1. The largest absolute Gasteiger partial charge is 0.478 e.